The number of aromatic nitrogens is 6. The molecule has 0 amide bonds. The summed E-state index contributed by atoms with van der Waals surface area (Å²) in [4.78, 5) is 0. The average Bonchev–Trinajstić information content (AvgIpc) is 3.47. The van der Waals surface area contributed by atoms with Crippen LogP contribution in [0.1, 0.15) is 23.7 Å². The van der Waals surface area contributed by atoms with Crippen LogP contribution in [0.3, 0.4) is 0 Å². The Bertz CT molecular complexity index is 1450. The van der Waals surface area contributed by atoms with Crippen LogP contribution in [0.5, 0.6) is 0 Å². The van der Waals surface area contributed by atoms with Crippen LogP contribution in [-0.4, -0.2) is 29.3 Å². The number of anilines is 1. The Morgan fingerprint density at radius 3 is 2.78 bits per heavy atom. The molecular weight excluding hydrogens is 398 g/mol. The summed E-state index contributed by atoms with van der Waals surface area (Å²) in [6.07, 6.45) is 7.00. The number of aryl methyl sites for hydroxylation is 4. The minimum atomic E-state index is 0.156. The summed E-state index contributed by atoms with van der Waals surface area (Å²) in [5.74, 6) is 0. The fraction of sp³-hybridized carbons (Fsp3) is 0.240. The lowest BCUT2D eigenvalue weighted by atomic mass is 9.93. The van der Waals surface area contributed by atoms with Crippen LogP contribution in [0.4, 0.5) is 5.69 Å². The first-order valence-electron chi connectivity index (χ1n) is 10.9. The molecule has 160 valence electrons. The summed E-state index contributed by atoms with van der Waals surface area (Å²) >= 11 is 0. The van der Waals surface area contributed by atoms with Gasteiger partial charge in [-0.3, -0.25) is 4.68 Å². The first-order valence-corrected chi connectivity index (χ1v) is 10.9. The van der Waals surface area contributed by atoms with Gasteiger partial charge in [0.1, 0.15) is 0 Å². The molecule has 1 aliphatic rings. The Hall–Kier alpha value is -3.87. The molecular formula is C25H25N7. The third-order valence-electron chi connectivity index (χ3n) is 6.48. The van der Waals surface area contributed by atoms with E-state index < -0.39 is 0 Å². The predicted molar refractivity (Wildman–Crippen MR) is 126 cm³/mol. The van der Waals surface area contributed by atoms with Crippen LogP contribution in [0.25, 0.3) is 33.3 Å². The van der Waals surface area contributed by atoms with Crippen molar-refractivity contribution in [1.29, 1.82) is 0 Å². The summed E-state index contributed by atoms with van der Waals surface area (Å²) < 4.78 is 6.03. The molecule has 2 aromatic carbocycles. The fourth-order valence-corrected chi connectivity index (χ4v) is 4.84. The largest absolute Gasteiger partial charge is 0.378 e. The summed E-state index contributed by atoms with van der Waals surface area (Å²) in [6, 6.07) is 15.6. The molecule has 0 spiro atoms. The quantitative estimate of drug-likeness (QED) is 0.457. The molecule has 4 heterocycles. The highest BCUT2D eigenvalue weighted by Gasteiger charge is 2.26. The second-order valence-electron chi connectivity index (χ2n) is 8.64. The minimum Gasteiger partial charge on any atom is -0.378 e. The molecule has 1 atom stereocenters. The van der Waals surface area contributed by atoms with Crippen LogP contribution >= 0.6 is 0 Å². The number of rotatable bonds is 3. The Balaban J connectivity index is 1.46. The molecule has 0 radical (unpaired) electrons. The van der Waals surface area contributed by atoms with E-state index in [-0.39, 0.29) is 6.04 Å². The van der Waals surface area contributed by atoms with E-state index in [9.17, 15) is 0 Å². The van der Waals surface area contributed by atoms with Gasteiger partial charge in [-0.1, -0.05) is 17.3 Å². The van der Waals surface area contributed by atoms with Crippen molar-refractivity contribution in [1.82, 2.24) is 29.3 Å². The zero-order valence-electron chi connectivity index (χ0n) is 18.4. The summed E-state index contributed by atoms with van der Waals surface area (Å²) in [6.45, 7) is 2.85. The van der Waals surface area contributed by atoms with Crippen molar-refractivity contribution in [2.45, 2.75) is 25.9 Å². The van der Waals surface area contributed by atoms with Gasteiger partial charge in [0, 0.05) is 60.8 Å². The fourth-order valence-electron chi connectivity index (χ4n) is 4.84. The van der Waals surface area contributed by atoms with Gasteiger partial charge in [-0.15, -0.1) is 5.10 Å². The standard InChI is InChI=1S/C25H25N7/c1-16-25-21-6-4-17(19-14-26-31(3)15-19)13-22(21)23(9-11-32(25)29-28-16)27-20-5-7-24-18(12-20)8-10-30(24)2/h4-8,10,12-15,23,27H,9,11H2,1-3H3. The predicted octanol–water partition coefficient (Wildman–Crippen LogP) is 4.70. The summed E-state index contributed by atoms with van der Waals surface area (Å²) in [5.41, 5.74) is 9.18. The molecule has 32 heavy (non-hydrogen) atoms. The number of hydrogen-bond acceptors (Lipinski definition) is 4. The SMILES string of the molecule is Cc1nnn2c1-c1ccc(-c3cnn(C)c3)cc1C(Nc1ccc3c(ccn3C)c1)CC2. The molecule has 1 aliphatic heterocycles. The maximum atomic E-state index is 4.41. The zero-order chi connectivity index (χ0) is 21.8. The smallest absolute Gasteiger partial charge is 0.0918 e. The van der Waals surface area contributed by atoms with Gasteiger partial charge in [-0.05, 0) is 54.8 Å². The average molecular weight is 424 g/mol. The van der Waals surface area contributed by atoms with Crippen molar-refractivity contribution >= 4 is 16.6 Å². The van der Waals surface area contributed by atoms with E-state index in [0.29, 0.717) is 0 Å². The van der Waals surface area contributed by atoms with Gasteiger partial charge in [-0.25, -0.2) is 4.68 Å². The Kier molecular flexibility index (Phi) is 4.18. The highest BCUT2D eigenvalue weighted by molar-refractivity contribution is 5.84. The normalized spacial score (nSPS) is 15.4. The van der Waals surface area contributed by atoms with Gasteiger partial charge in [-0.2, -0.15) is 5.10 Å². The van der Waals surface area contributed by atoms with E-state index >= 15 is 0 Å². The molecule has 7 nitrogen and oxygen atoms in total. The van der Waals surface area contributed by atoms with Crippen molar-refractivity contribution in [2.24, 2.45) is 14.1 Å². The highest BCUT2D eigenvalue weighted by atomic mass is 15.4. The Labute approximate surface area is 186 Å². The van der Waals surface area contributed by atoms with Crippen LogP contribution in [-0.2, 0) is 20.6 Å². The third kappa shape index (κ3) is 3.00. The van der Waals surface area contributed by atoms with Gasteiger partial charge in [0.25, 0.3) is 0 Å². The second kappa shape index (κ2) is 7.09. The Morgan fingerprint density at radius 1 is 1.03 bits per heavy atom. The second-order valence-corrected chi connectivity index (χ2v) is 8.64. The monoisotopic (exact) mass is 423 g/mol. The third-order valence-corrected chi connectivity index (χ3v) is 6.48. The Morgan fingerprint density at radius 2 is 1.94 bits per heavy atom. The van der Waals surface area contributed by atoms with Crippen LogP contribution in [0.2, 0.25) is 0 Å². The van der Waals surface area contributed by atoms with E-state index in [2.05, 4.69) is 87.2 Å². The van der Waals surface area contributed by atoms with Crippen molar-refractivity contribution in [2.75, 3.05) is 5.32 Å². The number of benzene rings is 2. The lowest BCUT2D eigenvalue weighted by Gasteiger charge is -2.21. The summed E-state index contributed by atoms with van der Waals surface area (Å²) in [7, 11) is 4.03. The van der Waals surface area contributed by atoms with Gasteiger partial charge >= 0.3 is 0 Å². The van der Waals surface area contributed by atoms with Crippen molar-refractivity contribution < 1.29 is 0 Å². The molecule has 0 saturated heterocycles. The first-order chi connectivity index (χ1) is 15.6. The van der Waals surface area contributed by atoms with Gasteiger partial charge in [0.05, 0.1) is 23.6 Å². The number of nitrogens with zero attached hydrogens (tertiary/aromatic N) is 6. The first kappa shape index (κ1) is 18.9. The molecule has 3 aromatic heterocycles. The molecule has 0 bridgehead atoms. The molecule has 1 N–H and O–H groups in total. The van der Waals surface area contributed by atoms with E-state index in [1.54, 1.807) is 0 Å². The summed E-state index contributed by atoms with van der Waals surface area (Å²) in [5, 5.41) is 18.2. The lowest BCUT2D eigenvalue weighted by molar-refractivity contribution is 0.539. The lowest BCUT2D eigenvalue weighted by Crippen LogP contribution is -2.12. The van der Waals surface area contributed by atoms with Crippen LogP contribution in [0, 0.1) is 6.92 Å². The molecule has 7 heteroatoms. The van der Waals surface area contributed by atoms with Crippen LogP contribution < -0.4 is 5.32 Å². The van der Waals surface area contributed by atoms with Gasteiger partial charge in [0.15, 0.2) is 0 Å². The number of hydrogen-bond donors (Lipinski definition) is 1. The van der Waals surface area contributed by atoms with E-state index in [4.69, 9.17) is 0 Å². The van der Waals surface area contributed by atoms with Gasteiger partial charge in [0.2, 0.25) is 0 Å². The van der Waals surface area contributed by atoms with E-state index in [1.165, 1.54) is 27.6 Å². The number of fused-ring (bicyclic) bond motifs is 4. The van der Waals surface area contributed by atoms with Crippen LogP contribution in [0.15, 0.2) is 61.1 Å². The zero-order valence-corrected chi connectivity index (χ0v) is 18.4. The molecule has 0 saturated carbocycles. The molecule has 1 unspecified atom stereocenters. The molecule has 0 aliphatic carbocycles. The van der Waals surface area contributed by atoms with Crippen molar-refractivity contribution in [3.05, 3.63) is 72.3 Å². The van der Waals surface area contributed by atoms with Gasteiger partial charge < -0.3 is 9.88 Å². The van der Waals surface area contributed by atoms with Crippen molar-refractivity contribution in [3.63, 3.8) is 0 Å². The topological polar surface area (TPSA) is 65.5 Å². The van der Waals surface area contributed by atoms with E-state index in [1.807, 2.05) is 29.5 Å². The molecule has 0 fully saturated rings. The maximum absolute atomic E-state index is 4.41. The van der Waals surface area contributed by atoms with Crippen molar-refractivity contribution in [3.8, 4) is 22.4 Å². The molecule has 5 aromatic rings. The maximum Gasteiger partial charge on any atom is 0.0918 e. The minimum absolute atomic E-state index is 0.156. The molecule has 6 rings (SSSR count). The van der Waals surface area contributed by atoms with E-state index in [0.717, 1.165) is 35.6 Å². The number of nitrogens with one attached hydrogen (secondary N) is 1. The highest BCUT2D eigenvalue weighted by Crippen LogP contribution is 2.39.